The summed E-state index contributed by atoms with van der Waals surface area (Å²) in [7, 11) is 1.60. The Labute approximate surface area is 157 Å². The Hall–Kier alpha value is -3.60. The predicted octanol–water partition coefficient (Wildman–Crippen LogP) is 4.80. The zero-order valence-electron chi connectivity index (χ0n) is 15.1. The monoisotopic (exact) mass is 357 g/mol. The Morgan fingerprint density at radius 2 is 1.74 bits per heavy atom. The van der Waals surface area contributed by atoms with Gasteiger partial charge in [0.2, 0.25) is 0 Å². The number of aromatic amines is 1. The molecule has 5 nitrogen and oxygen atoms in total. The molecule has 0 fully saturated rings. The molecule has 27 heavy (non-hydrogen) atoms. The van der Waals surface area contributed by atoms with Gasteiger partial charge in [-0.25, -0.2) is 4.98 Å². The van der Waals surface area contributed by atoms with Gasteiger partial charge < -0.3 is 15.0 Å². The Morgan fingerprint density at radius 1 is 1.00 bits per heavy atom. The van der Waals surface area contributed by atoms with Crippen molar-refractivity contribution in [3.8, 4) is 17.1 Å². The van der Waals surface area contributed by atoms with Gasteiger partial charge in [-0.2, -0.15) is 0 Å². The molecule has 4 aromatic rings. The van der Waals surface area contributed by atoms with Crippen molar-refractivity contribution >= 4 is 22.6 Å². The molecule has 3 aromatic carbocycles. The third-order valence-corrected chi connectivity index (χ3v) is 4.41. The van der Waals surface area contributed by atoms with E-state index in [0.717, 1.165) is 33.9 Å². The van der Waals surface area contributed by atoms with Gasteiger partial charge in [0, 0.05) is 16.8 Å². The highest BCUT2D eigenvalue weighted by molar-refractivity contribution is 6.04. The lowest BCUT2D eigenvalue weighted by Gasteiger charge is -2.07. The minimum absolute atomic E-state index is 0.162. The van der Waals surface area contributed by atoms with Gasteiger partial charge in [-0.15, -0.1) is 0 Å². The number of rotatable bonds is 4. The van der Waals surface area contributed by atoms with Crippen molar-refractivity contribution in [2.75, 3.05) is 12.4 Å². The summed E-state index contributed by atoms with van der Waals surface area (Å²) < 4.78 is 5.11. The third kappa shape index (κ3) is 3.53. The molecule has 4 rings (SSSR count). The summed E-state index contributed by atoms with van der Waals surface area (Å²) in [5.41, 5.74) is 5.41. The number of aryl methyl sites for hydroxylation is 1. The molecule has 1 aromatic heterocycles. The molecule has 0 spiro atoms. The average molecular weight is 357 g/mol. The fourth-order valence-corrected chi connectivity index (χ4v) is 2.92. The predicted molar refractivity (Wildman–Crippen MR) is 107 cm³/mol. The standard InChI is InChI=1S/C22H19N3O2/c1-14-3-12-19-20(13-14)25-21(24-19)15-4-8-17(9-5-15)23-22(26)16-6-10-18(27-2)11-7-16/h3-13H,1-2H3,(H,23,26)(H,24,25). The first-order valence-corrected chi connectivity index (χ1v) is 8.64. The number of imidazole rings is 1. The number of fused-ring (bicyclic) bond motifs is 1. The number of amides is 1. The zero-order chi connectivity index (χ0) is 18.8. The van der Waals surface area contributed by atoms with Crippen LogP contribution in [0.3, 0.4) is 0 Å². The number of aromatic nitrogens is 2. The molecule has 134 valence electrons. The fourth-order valence-electron chi connectivity index (χ4n) is 2.92. The highest BCUT2D eigenvalue weighted by Gasteiger charge is 2.08. The smallest absolute Gasteiger partial charge is 0.255 e. The first-order chi connectivity index (χ1) is 13.1. The molecule has 0 saturated carbocycles. The van der Waals surface area contributed by atoms with E-state index in [0.29, 0.717) is 5.56 Å². The highest BCUT2D eigenvalue weighted by atomic mass is 16.5. The quantitative estimate of drug-likeness (QED) is 0.551. The Bertz CT molecular complexity index is 1100. The molecule has 2 N–H and O–H groups in total. The SMILES string of the molecule is COc1ccc(C(=O)Nc2ccc(-c3nc4ccc(C)cc4[nH]3)cc2)cc1. The van der Waals surface area contributed by atoms with Crippen molar-refractivity contribution in [3.05, 3.63) is 77.9 Å². The Kier molecular flexibility index (Phi) is 4.34. The van der Waals surface area contributed by atoms with Crippen LogP contribution in [-0.4, -0.2) is 23.0 Å². The van der Waals surface area contributed by atoms with Gasteiger partial charge in [0.15, 0.2) is 0 Å². The maximum Gasteiger partial charge on any atom is 0.255 e. The van der Waals surface area contributed by atoms with Gasteiger partial charge in [-0.05, 0) is 73.2 Å². The van der Waals surface area contributed by atoms with Crippen LogP contribution in [-0.2, 0) is 0 Å². The van der Waals surface area contributed by atoms with Gasteiger partial charge in [0.1, 0.15) is 11.6 Å². The minimum atomic E-state index is -0.162. The van der Waals surface area contributed by atoms with Crippen molar-refractivity contribution in [3.63, 3.8) is 0 Å². The number of methoxy groups -OCH3 is 1. The van der Waals surface area contributed by atoms with E-state index >= 15 is 0 Å². The summed E-state index contributed by atoms with van der Waals surface area (Å²) >= 11 is 0. The lowest BCUT2D eigenvalue weighted by atomic mass is 10.1. The van der Waals surface area contributed by atoms with E-state index in [1.807, 2.05) is 36.4 Å². The van der Waals surface area contributed by atoms with Gasteiger partial charge in [0.25, 0.3) is 5.91 Å². The van der Waals surface area contributed by atoms with E-state index in [1.165, 1.54) is 5.56 Å². The summed E-state index contributed by atoms with van der Waals surface area (Å²) in [6.07, 6.45) is 0. The average Bonchev–Trinajstić information content (AvgIpc) is 3.11. The normalized spacial score (nSPS) is 10.7. The number of carbonyl (C=O) groups is 1. The summed E-state index contributed by atoms with van der Waals surface area (Å²) in [5, 5.41) is 2.90. The third-order valence-electron chi connectivity index (χ3n) is 4.41. The molecule has 1 amide bonds. The number of hydrogen-bond acceptors (Lipinski definition) is 3. The van der Waals surface area contributed by atoms with Gasteiger partial charge in [-0.3, -0.25) is 4.79 Å². The van der Waals surface area contributed by atoms with E-state index in [-0.39, 0.29) is 5.91 Å². The van der Waals surface area contributed by atoms with Crippen LogP contribution in [0.5, 0.6) is 5.75 Å². The van der Waals surface area contributed by atoms with Crippen molar-refractivity contribution in [2.45, 2.75) is 6.92 Å². The van der Waals surface area contributed by atoms with E-state index in [4.69, 9.17) is 4.74 Å². The number of anilines is 1. The van der Waals surface area contributed by atoms with Crippen LogP contribution in [0.4, 0.5) is 5.69 Å². The van der Waals surface area contributed by atoms with Crippen LogP contribution in [0.1, 0.15) is 15.9 Å². The van der Waals surface area contributed by atoms with Crippen LogP contribution in [0, 0.1) is 6.92 Å². The van der Waals surface area contributed by atoms with Crippen LogP contribution >= 0.6 is 0 Å². The van der Waals surface area contributed by atoms with E-state index in [1.54, 1.807) is 31.4 Å². The molecule has 0 bridgehead atoms. The largest absolute Gasteiger partial charge is 0.497 e. The molecular weight excluding hydrogens is 338 g/mol. The first-order valence-electron chi connectivity index (χ1n) is 8.64. The Balaban J connectivity index is 1.51. The summed E-state index contributed by atoms with van der Waals surface area (Å²) in [6.45, 7) is 2.06. The summed E-state index contributed by atoms with van der Waals surface area (Å²) in [4.78, 5) is 20.3. The van der Waals surface area contributed by atoms with Crippen molar-refractivity contribution in [1.29, 1.82) is 0 Å². The second-order valence-electron chi connectivity index (χ2n) is 6.37. The number of nitrogens with zero attached hydrogens (tertiary/aromatic N) is 1. The molecule has 1 heterocycles. The van der Waals surface area contributed by atoms with Crippen LogP contribution < -0.4 is 10.1 Å². The first kappa shape index (κ1) is 16.8. The molecule has 0 aliphatic carbocycles. The molecule has 0 aliphatic heterocycles. The minimum Gasteiger partial charge on any atom is -0.497 e. The second kappa shape index (κ2) is 6.96. The lowest BCUT2D eigenvalue weighted by Crippen LogP contribution is -2.11. The van der Waals surface area contributed by atoms with Crippen LogP contribution in [0.25, 0.3) is 22.4 Å². The number of carbonyl (C=O) groups excluding carboxylic acids is 1. The van der Waals surface area contributed by atoms with Crippen molar-refractivity contribution in [2.24, 2.45) is 0 Å². The van der Waals surface area contributed by atoms with E-state index < -0.39 is 0 Å². The second-order valence-corrected chi connectivity index (χ2v) is 6.37. The molecule has 5 heteroatoms. The van der Waals surface area contributed by atoms with Gasteiger partial charge >= 0.3 is 0 Å². The summed E-state index contributed by atoms with van der Waals surface area (Å²) in [6, 6.07) is 20.8. The van der Waals surface area contributed by atoms with E-state index in [2.05, 4.69) is 28.3 Å². The number of benzene rings is 3. The van der Waals surface area contributed by atoms with Gasteiger partial charge in [0.05, 0.1) is 18.1 Å². The maximum absolute atomic E-state index is 12.3. The molecule has 0 unspecified atom stereocenters. The summed E-state index contributed by atoms with van der Waals surface area (Å²) in [5.74, 6) is 1.37. The van der Waals surface area contributed by atoms with Crippen LogP contribution in [0.15, 0.2) is 66.7 Å². The van der Waals surface area contributed by atoms with Gasteiger partial charge in [-0.1, -0.05) is 6.07 Å². The fraction of sp³-hybridized carbons (Fsp3) is 0.0909. The number of ether oxygens (including phenoxy) is 1. The highest BCUT2D eigenvalue weighted by Crippen LogP contribution is 2.23. The number of hydrogen-bond donors (Lipinski definition) is 2. The Morgan fingerprint density at radius 3 is 2.44 bits per heavy atom. The number of H-pyrrole nitrogens is 1. The van der Waals surface area contributed by atoms with E-state index in [9.17, 15) is 4.79 Å². The zero-order valence-corrected chi connectivity index (χ0v) is 15.1. The molecule has 0 radical (unpaired) electrons. The maximum atomic E-state index is 12.3. The van der Waals surface area contributed by atoms with Crippen LogP contribution in [0.2, 0.25) is 0 Å². The molecule has 0 saturated heterocycles. The van der Waals surface area contributed by atoms with Crippen molar-refractivity contribution in [1.82, 2.24) is 9.97 Å². The molecule has 0 aliphatic rings. The molecular formula is C22H19N3O2. The van der Waals surface area contributed by atoms with Crippen molar-refractivity contribution < 1.29 is 9.53 Å². The topological polar surface area (TPSA) is 67.0 Å². The lowest BCUT2D eigenvalue weighted by molar-refractivity contribution is 0.102. The number of nitrogens with one attached hydrogen (secondary N) is 2. The molecule has 0 atom stereocenters.